The largest absolute Gasteiger partial charge is 0.497 e. The van der Waals surface area contributed by atoms with Crippen LogP contribution in [-0.4, -0.2) is 13.3 Å². The van der Waals surface area contributed by atoms with Crippen molar-refractivity contribution >= 4 is 6.21 Å². The Morgan fingerprint density at radius 1 is 1.00 bits per heavy atom. The van der Waals surface area contributed by atoms with Crippen LogP contribution in [0.15, 0.2) is 53.7 Å². The van der Waals surface area contributed by atoms with Crippen molar-refractivity contribution in [3.05, 3.63) is 59.7 Å². The zero-order chi connectivity index (χ0) is 13.5. The molecule has 0 amide bonds. The second-order valence-electron chi connectivity index (χ2n) is 3.74. The summed E-state index contributed by atoms with van der Waals surface area (Å²) in [7, 11) is 1.62. The van der Waals surface area contributed by atoms with Crippen molar-refractivity contribution in [1.29, 1.82) is 5.26 Å². The van der Waals surface area contributed by atoms with Crippen LogP contribution in [0, 0.1) is 11.3 Å². The third-order valence-electron chi connectivity index (χ3n) is 2.46. The lowest BCUT2D eigenvalue weighted by molar-refractivity contribution is 0.344. The lowest BCUT2D eigenvalue weighted by atomic mass is 10.2. The molecule has 0 spiro atoms. The second kappa shape index (κ2) is 6.22. The minimum atomic E-state index is 0.587. The van der Waals surface area contributed by atoms with Gasteiger partial charge in [0.2, 0.25) is 0 Å². The van der Waals surface area contributed by atoms with Crippen molar-refractivity contribution in [2.75, 3.05) is 7.11 Å². The van der Waals surface area contributed by atoms with E-state index in [1.807, 2.05) is 30.3 Å². The highest BCUT2D eigenvalue weighted by Gasteiger charge is 1.94. The molecule has 0 saturated carbocycles. The molecule has 0 aliphatic heterocycles. The number of benzene rings is 2. The number of oxime groups is 1. The fourth-order valence-electron chi connectivity index (χ4n) is 1.43. The molecule has 0 saturated heterocycles. The average molecular weight is 252 g/mol. The standard InChI is InChI=1S/C15H12N2O2/c1-18-14-6-4-13(5-7-14)11-17-19-15-8-2-12(10-16)3-9-15/h2-9,11H,1H3/b17-11+. The van der Waals surface area contributed by atoms with Crippen molar-refractivity contribution < 1.29 is 9.57 Å². The molecular weight excluding hydrogens is 240 g/mol. The molecule has 0 aliphatic carbocycles. The minimum absolute atomic E-state index is 0.587. The van der Waals surface area contributed by atoms with Gasteiger partial charge in [0.15, 0.2) is 5.75 Å². The van der Waals surface area contributed by atoms with Crippen molar-refractivity contribution in [2.24, 2.45) is 5.16 Å². The van der Waals surface area contributed by atoms with Crippen LogP contribution in [0.4, 0.5) is 0 Å². The third kappa shape index (κ3) is 3.58. The molecule has 0 N–H and O–H groups in total. The second-order valence-corrected chi connectivity index (χ2v) is 3.74. The minimum Gasteiger partial charge on any atom is -0.497 e. The van der Waals surface area contributed by atoms with Gasteiger partial charge in [-0.25, -0.2) is 0 Å². The third-order valence-corrected chi connectivity index (χ3v) is 2.46. The average Bonchev–Trinajstić information content (AvgIpc) is 2.49. The zero-order valence-corrected chi connectivity index (χ0v) is 10.4. The summed E-state index contributed by atoms with van der Waals surface area (Å²) in [6.07, 6.45) is 1.61. The number of nitrogens with zero attached hydrogens (tertiary/aromatic N) is 2. The van der Waals surface area contributed by atoms with Crippen LogP contribution < -0.4 is 9.57 Å². The number of hydrogen-bond acceptors (Lipinski definition) is 4. The maximum atomic E-state index is 8.67. The Morgan fingerprint density at radius 2 is 1.63 bits per heavy atom. The molecule has 0 unspecified atom stereocenters. The molecule has 0 heterocycles. The smallest absolute Gasteiger partial charge is 0.158 e. The molecule has 0 radical (unpaired) electrons. The van der Waals surface area contributed by atoms with Crippen LogP contribution in [0.3, 0.4) is 0 Å². The van der Waals surface area contributed by atoms with E-state index in [1.54, 1.807) is 37.6 Å². The quantitative estimate of drug-likeness (QED) is 0.621. The van der Waals surface area contributed by atoms with E-state index < -0.39 is 0 Å². The highest BCUT2D eigenvalue weighted by molar-refractivity contribution is 5.79. The van der Waals surface area contributed by atoms with Gasteiger partial charge in [-0.1, -0.05) is 5.16 Å². The molecule has 19 heavy (non-hydrogen) atoms. The summed E-state index contributed by atoms with van der Waals surface area (Å²) in [4.78, 5) is 5.19. The van der Waals surface area contributed by atoms with Gasteiger partial charge < -0.3 is 9.57 Å². The van der Waals surface area contributed by atoms with Gasteiger partial charge in [-0.2, -0.15) is 5.26 Å². The Kier molecular flexibility index (Phi) is 4.14. The van der Waals surface area contributed by atoms with Gasteiger partial charge in [0, 0.05) is 0 Å². The first-order chi connectivity index (χ1) is 9.31. The van der Waals surface area contributed by atoms with Crippen LogP contribution in [0.25, 0.3) is 0 Å². The number of ether oxygens (including phenoxy) is 1. The molecule has 4 heteroatoms. The molecule has 94 valence electrons. The topological polar surface area (TPSA) is 54.6 Å². The molecule has 0 aliphatic rings. The normalized spacial score (nSPS) is 10.1. The van der Waals surface area contributed by atoms with Crippen LogP contribution in [-0.2, 0) is 0 Å². The van der Waals surface area contributed by atoms with Gasteiger partial charge in [-0.05, 0) is 54.1 Å². The van der Waals surface area contributed by atoms with E-state index in [0.29, 0.717) is 11.3 Å². The molecule has 0 aromatic heterocycles. The number of methoxy groups -OCH3 is 1. The monoisotopic (exact) mass is 252 g/mol. The summed E-state index contributed by atoms with van der Waals surface area (Å²) in [5.41, 5.74) is 1.50. The first-order valence-corrected chi connectivity index (χ1v) is 5.66. The molecule has 2 aromatic rings. The van der Waals surface area contributed by atoms with E-state index >= 15 is 0 Å². The van der Waals surface area contributed by atoms with E-state index in [1.165, 1.54) is 0 Å². The van der Waals surface area contributed by atoms with Gasteiger partial charge in [0.1, 0.15) is 5.75 Å². The number of hydrogen-bond donors (Lipinski definition) is 0. The molecule has 0 atom stereocenters. The van der Waals surface area contributed by atoms with E-state index in [0.717, 1.165) is 11.3 Å². The summed E-state index contributed by atoms with van der Waals surface area (Å²) in [5.74, 6) is 1.38. The molecule has 2 aromatic carbocycles. The van der Waals surface area contributed by atoms with Crippen molar-refractivity contribution in [3.63, 3.8) is 0 Å². The molecule has 0 bridgehead atoms. The Bertz CT molecular complexity index is 596. The predicted octanol–water partition coefficient (Wildman–Crippen LogP) is 2.98. The highest BCUT2D eigenvalue weighted by atomic mass is 16.6. The summed E-state index contributed by atoms with van der Waals surface area (Å²) in [6, 6.07) is 16.3. The first-order valence-electron chi connectivity index (χ1n) is 5.66. The Balaban J connectivity index is 1.96. The molecular formula is C15H12N2O2. The Hall–Kier alpha value is -2.80. The van der Waals surface area contributed by atoms with Gasteiger partial charge in [0.25, 0.3) is 0 Å². The maximum Gasteiger partial charge on any atom is 0.158 e. The van der Waals surface area contributed by atoms with Gasteiger partial charge in [-0.15, -0.1) is 0 Å². The highest BCUT2D eigenvalue weighted by Crippen LogP contribution is 2.12. The van der Waals surface area contributed by atoms with Crippen LogP contribution in [0.1, 0.15) is 11.1 Å². The molecule has 0 fully saturated rings. The van der Waals surface area contributed by atoms with Gasteiger partial charge >= 0.3 is 0 Å². The summed E-state index contributed by atoms with van der Waals surface area (Å²) < 4.78 is 5.06. The van der Waals surface area contributed by atoms with E-state index in [9.17, 15) is 0 Å². The van der Waals surface area contributed by atoms with Crippen LogP contribution in [0.2, 0.25) is 0 Å². The number of nitriles is 1. The lowest BCUT2D eigenvalue weighted by Gasteiger charge is -1.99. The Labute approximate surface area is 111 Å². The number of rotatable bonds is 4. The van der Waals surface area contributed by atoms with Crippen molar-refractivity contribution in [3.8, 4) is 17.6 Å². The predicted molar refractivity (Wildman–Crippen MR) is 72.4 cm³/mol. The first kappa shape index (κ1) is 12.7. The van der Waals surface area contributed by atoms with Crippen molar-refractivity contribution in [2.45, 2.75) is 0 Å². The van der Waals surface area contributed by atoms with Crippen LogP contribution in [0.5, 0.6) is 11.5 Å². The van der Waals surface area contributed by atoms with E-state index in [4.69, 9.17) is 14.8 Å². The van der Waals surface area contributed by atoms with E-state index in [-0.39, 0.29) is 0 Å². The van der Waals surface area contributed by atoms with Gasteiger partial charge in [-0.3, -0.25) is 0 Å². The molecule has 4 nitrogen and oxygen atoms in total. The summed E-state index contributed by atoms with van der Waals surface area (Å²) >= 11 is 0. The maximum absolute atomic E-state index is 8.67. The lowest BCUT2D eigenvalue weighted by Crippen LogP contribution is -1.88. The summed E-state index contributed by atoms with van der Waals surface area (Å²) in [6.45, 7) is 0. The SMILES string of the molecule is COc1ccc(/C=N/Oc2ccc(C#N)cc2)cc1. The van der Waals surface area contributed by atoms with Crippen molar-refractivity contribution in [1.82, 2.24) is 0 Å². The zero-order valence-electron chi connectivity index (χ0n) is 10.4. The fraction of sp³-hybridized carbons (Fsp3) is 0.0667. The van der Waals surface area contributed by atoms with Gasteiger partial charge in [0.05, 0.1) is 25.0 Å². The van der Waals surface area contributed by atoms with Crippen LogP contribution >= 0.6 is 0 Å². The fourth-order valence-corrected chi connectivity index (χ4v) is 1.43. The molecule has 2 rings (SSSR count). The Morgan fingerprint density at radius 3 is 2.21 bits per heavy atom. The summed E-state index contributed by atoms with van der Waals surface area (Å²) in [5, 5.41) is 12.5. The van der Waals surface area contributed by atoms with E-state index in [2.05, 4.69) is 5.16 Å².